The number of carbonyl (C=O) groups excluding carboxylic acids is 1. The van der Waals surface area contributed by atoms with Gasteiger partial charge in [-0.15, -0.1) is 0 Å². The second-order valence-electron chi connectivity index (χ2n) is 4.54. The minimum Gasteiger partial charge on any atom is -0.465 e. The predicted octanol–water partition coefficient (Wildman–Crippen LogP) is 2.25. The van der Waals surface area contributed by atoms with Gasteiger partial charge in [0.1, 0.15) is 0 Å². The van der Waals surface area contributed by atoms with Crippen LogP contribution in [0.1, 0.15) is 34.1 Å². The van der Waals surface area contributed by atoms with Gasteiger partial charge in [0.15, 0.2) is 0 Å². The van der Waals surface area contributed by atoms with Crippen LogP contribution in [0, 0.1) is 11.3 Å². The summed E-state index contributed by atoms with van der Waals surface area (Å²) in [6, 6.07) is 0. The van der Waals surface area contributed by atoms with Crippen molar-refractivity contribution in [3.63, 3.8) is 0 Å². The number of ether oxygens (including phenoxy) is 2. The van der Waals surface area contributed by atoms with Gasteiger partial charge in [0, 0.05) is 7.11 Å². The standard InChI is InChI=1S/C11H22O3/c1-6-7-14-10(12)9(8-13-5)11(2,3)4/h9H,6-8H2,1-5H3. The topological polar surface area (TPSA) is 35.5 Å². The zero-order chi connectivity index (χ0) is 11.2. The monoisotopic (exact) mass is 202 g/mol. The quantitative estimate of drug-likeness (QED) is 0.641. The molecule has 1 atom stereocenters. The van der Waals surface area contributed by atoms with Crippen LogP contribution >= 0.6 is 0 Å². The van der Waals surface area contributed by atoms with E-state index in [2.05, 4.69) is 0 Å². The van der Waals surface area contributed by atoms with Crippen LogP contribution in [0.15, 0.2) is 0 Å². The fraction of sp³-hybridized carbons (Fsp3) is 0.909. The Morgan fingerprint density at radius 3 is 2.29 bits per heavy atom. The highest BCUT2D eigenvalue weighted by molar-refractivity contribution is 5.73. The lowest BCUT2D eigenvalue weighted by Gasteiger charge is -2.28. The molecule has 1 unspecified atom stereocenters. The normalized spacial score (nSPS) is 13.8. The molecule has 0 rings (SSSR count). The van der Waals surface area contributed by atoms with Crippen LogP contribution in [0.4, 0.5) is 0 Å². The van der Waals surface area contributed by atoms with E-state index >= 15 is 0 Å². The smallest absolute Gasteiger partial charge is 0.311 e. The summed E-state index contributed by atoms with van der Waals surface area (Å²) in [6.45, 7) is 8.95. The molecule has 0 aliphatic rings. The highest BCUT2D eigenvalue weighted by Gasteiger charge is 2.32. The van der Waals surface area contributed by atoms with Crippen LogP contribution in [0.2, 0.25) is 0 Å². The second kappa shape index (κ2) is 6.02. The van der Waals surface area contributed by atoms with Gasteiger partial charge in [-0.3, -0.25) is 4.79 Å². The van der Waals surface area contributed by atoms with Crippen LogP contribution in [0.25, 0.3) is 0 Å². The summed E-state index contributed by atoms with van der Waals surface area (Å²) in [5.74, 6) is -0.333. The molecular weight excluding hydrogens is 180 g/mol. The van der Waals surface area contributed by atoms with Crippen LogP contribution in [-0.2, 0) is 14.3 Å². The van der Waals surface area contributed by atoms with E-state index in [1.165, 1.54) is 0 Å². The lowest BCUT2D eigenvalue weighted by molar-refractivity contribution is -0.154. The largest absolute Gasteiger partial charge is 0.465 e. The molecule has 3 nitrogen and oxygen atoms in total. The first-order valence-electron chi connectivity index (χ1n) is 5.09. The molecule has 0 fully saturated rings. The molecule has 0 bridgehead atoms. The van der Waals surface area contributed by atoms with Gasteiger partial charge in [-0.05, 0) is 11.8 Å². The molecule has 0 saturated carbocycles. The highest BCUT2D eigenvalue weighted by Crippen LogP contribution is 2.27. The highest BCUT2D eigenvalue weighted by atomic mass is 16.5. The first kappa shape index (κ1) is 13.4. The van der Waals surface area contributed by atoms with Crippen molar-refractivity contribution < 1.29 is 14.3 Å². The molecule has 84 valence electrons. The van der Waals surface area contributed by atoms with Crippen molar-refractivity contribution in [2.24, 2.45) is 11.3 Å². The van der Waals surface area contributed by atoms with Crippen LogP contribution in [0.3, 0.4) is 0 Å². The Morgan fingerprint density at radius 1 is 1.36 bits per heavy atom. The Kier molecular flexibility index (Phi) is 5.77. The van der Waals surface area contributed by atoms with E-state index in [-0.39, 0.29) is 17.3 Å². The number of hydrogen-bond donors (Lipinski definition) is 0. The third-order valence-corrected chi connectivity index (χ3v) is 2.11. The minimum absolute atomic E-state index is 0.110. The van der Waals surface area contributed by atoms with E-state index < -0.39 is 0 Å². The number of esters is 1. The Hall–Kier alpha value is -0.570. The average molecular weight is 202 g/mol. The molecule has 0 aliphatic carbocycles. The molecule has 0 aromatic rings. The summed E-state index contributed by atoms with van der Waals surface area (Å²) in [6.07, 6.45) is 0.857. The van der Waals surface area contributed by atoms with E-state index in [4.69, 9.17) is 9.47 Å². The molecule has 0 aliphatic heterocycles. The summed E-state index contributed by atoms with van der Waals surface area (Å²) in [4.78, 5) is 11.6. The summed E-state index contributed by atoms with van der Waals surface area (Å²) in [5.41, 5.74) is -0.110. The maximum Gasteiger partial charge on any atom is 0.311 e. The van der Waals surface area contributed by atoms with E-state index in [1.54, 1.807) is 7.11 Å². The molecule has 3 heteroatoms. The number of methoxy groups -OCH3 is 1. The van der Waals surface area contributed by atoms with Gasteiger partial charge in [-0.25, -0.2) is 0 Å². The zero-order valence-electron chi connectivity index (χ0n) is 9.92. The van der Waals surface area contributed by atoms with Gasteiger partial charge in [0.25, 0.3) is 0 Å². The molecule has 0 spiro atoms. The van der Waals surface area contributed by atoms with Crippen molar-refractivity contribution in [1.82, 2.24) is 0 Å². The van der Waals surface area contributed by atoms with E-state index in [1.807, 2.05) is 27.7 Å². The molecule has 0 aromatic carbocycles. The molecule has 0 N–H and O–H groups in total. The Morgan fingerprint density at radius 2 is 1.93 bits per heavy atom. The second-order valence-corrected chi connectivity index (χ2v) is 4.54. The molecule has 0 radical (unpaired) electrons. The zero-order valence-corrected chi connectivity index (χ0v) is 9.92. The Bertz CT molecular complexity index is 170. The molecular formula is C11H22O3. The third kappa shape index (κ3) is 4.61. The van der Waals surface area contributed by atoms with E-state index in [0.29, 0.717) is 13.2 Å². The van der Waals surface area contributed by atoms with Gasteiger partial charge < -0.3 is 9.47 Å². The van der Waals surface area contributed by atoms with Crippen molar-refractivity contribution in [1.29, 1.82) is 0 Å². The van der Waals surface area contributed by atoms with Crippen molar-refractivity contribution in [3.05, 3.63) is 0 Å². The summed E-state index contributed by atoms with van der Waals surface area (Å²) in [5, 5.41) is 0. The summed E-state index contributed by atoms with van der Waals surface area (Å²) >= 11 is 0. The van der Waals surface area contributed by atoms with Crippen molar-refractivity contribution in [2.45, 2.75) is 34.1 Å². The number of carbonyl (C=O) groups is 1. The van der Waals surface area contributed by atoms with Gasteiger partial charge in [0.2, 0.25) is 0 Å². The van der Waals surface area contributed by atoms with Gasteiger partial charge in [-0.2, -0.15) is 0 Å². The Labute approximate surface area is 86.8 Å². The predicted molar refractivity (Wildman–Crippen MR) is 56.1 cm³/mol. The van der Waals surface area contributed by atoms with Crippen LogP contribution < -0.4 is 0 Å². The van der Waals surface area contributed by atoms with E-state index in [0.717, 1.165) is 6.42 Å². The lowest BCUT2D eigenvalue weighted by atomic mass is 9.81. The van der Waals surface area contributed by atoms with Crippen molar-refractivity contribution in [2.75, 3.05) is 20.3 Å². The first-order valence-corrected chi connectivity index (χ1v) is 5.09. The third-order valence-electron chi connectivity index (χ3n) is 2.11. The molecule has 0 heterocycles. The fourth-order valence-electron chi connectivity index (χ4n) is 1.14. The maximum atomic E-state index is 11.6. The summed E-state index contributed by atoms with van der Waals surface area (Å²) < 4.78 is 10.1. The van der Waals surface area contributed by atoms with Gasteiger partial charge in [0.05, 0.1) is 19.1 Å². The molecule has 0 saturated heterocycles. The van der Waals surface area contributed by atoms with Crippen LogP contribution in [0.5, 0.6) is 0 Å². The minimum atomic E-state index is -0.181. The maximum absolute atomic E-state index is 11.6. The number of hydrogen-bond acceptors (Lipinski definition) is 3. The average Bonchev–Trinajstić information content (AvgIpc) is 2.08. The van der Waals surface area contributed by atoms with Gasteiger partial charge >= 0.3 is 5.97 Å². The molecule has 0 amide bonds. The molecule has 0 aromatic heterocycles. The van der Waals surface area contributed by atoms with Crippen LogP contribution in [-0.4, -0.2) is 26.3 Å². The number of rotatable bonds is 5. The van der Waals surface area contributed by atoms with Crippen molar-refractivity contribution >= 4 is 5.97 Å². The van der Waals surface area contributed by atoms with E-state index in [9.17, 15) is 4.79 Å². The lowest BCUT2D eigenvalue weighted by Crippen LogP contribution is -2.33. The first-order chi connectivity index (χ1) is 6.43. The van der Waals surface area contributed by atoms with Crippen molar-refractivity contribution in [3.8, 4) is 0 Å². The molecule has 14 heavy (non-hydrogen) atoms. The summed E-state index contributed by atoms with van der Waals surface area (Å²) in [7, 11) is 1.60. The fourth-order valence-corrected chi connectivity index (χ4v) is 1.14. The Balaban J connectivity index is 4.26. The SMILES string of the molecule is CCCOC(=O)C(COC)C(C)(C)C. The van der Waals surface area contributed by atoms with Gasteiger partial charge in [-0.1, -0.05) is 27.7 Å².